The molecule has 0 aliphatic carbocycles. The molecule has 0 atom stereocenters. The third-order valence-corrected chi connectivity index (χ3v) is 0. The molecule has 0 aliphatic heterocycles. The molecule has 0 unspecified atom stereocenters. The van der Waals surface area contributed by atoms with Crippen molar-refractivity contribution in [2.75, 3.05) is 0 Å². The Balaban J connectivity index is 0. The molecule has 0 saturated carbocycles. The molecule has 2 heteroatoms. The second-order valence-electron chi connectivity index (χ2n) is 0.224. The summed E-state index contributed by atoms with van der Waals surface area (Å²) in [7, 11) is 0. The Morgan fingerprint density at radius 1 is 1.75 bits per heavy atom. The predicted molar refractivity (Wildman–Crippen MR) is 19.8 cm³/mol. The topological polar surface area (TPSA) is 23.8 Å². The summed E-state index contributed by atoms with van der Waals surface area (Å²) >= 11 is 0. The minimum atomic E-state index is 0. The van der Waals surface area contributed by atoms with Gasteiger partial charge in [-0.15, -0.1) is 0 Å². The molecule has 0 spiro atoms. The summed E-state index contributed by atoms with van der Waals surface area (Å²) in [6, 6.07) is 1.75. The van der Waals surface area contributed by atoms with Gasteiger partial charge in [0.1, 0.15) is 0 Å². The predicted octanol–water partition coefficient (Wildman–Crippen LogP) is -0.386. The van der Waals surface area contributed by atoms with Gasteiger partial charge in [0.15, 0.2) is 0 Å². The van der Waals surface area contributed by atoms with Crippen LogP contribution in [0.4, 0.5) is 0 Å². The summed E-state index contributed by atoms with van der Waals surface area (Å²) < 4.78 is 0. The van der Waals surface area contributed by atoms with Crippen LogP contribution in [0.25, 0.3) is 0 Å². The average molecular weight is 250 g/mol. The normalized spacial score (nSPS) is 2.00. The zero-order valence-corrected chi connectivity index (χ0v) is 8.15. The van der Waals surface area contributed by atoms with E-state index < -0.39 is 0 Å². The van der Waals surface area contributed by atoms with Crippen LogP contribution < -0.4 is 0 Å². The van der Waals surface area contributed by atoms with Crippen LogP contribution in [-0.2, 0) is 0 Å². The number of nitrogens with zero attached hydrogens (tertiary/aromatic N) is 1. The first-order valence-corrected chi connectivity index (χ1v) is 0.724. The van der Waals surface area contributed by atoms with Crippen LogP contribution in [0.15, 0.2) is 0 Å². The van der Waals surface area contributed by atoms with E-state index in [2.05, 4.69) is 0 Å². The van der Waals surface area contributed by atoms with Gasteiger partial charge in [-0.1, -0.05) is 0 Å². The molecule has 0 heterocycles. The monoisotopic (exact) mass is 251 g/mol. The molecule has 0 aromatic heterocycles. The molecular formula is C2H5NPb. The summed E-state index contributed by atoms with van der Waals surface area (Å²) in [6.07, 6.45) is 0. The van der Waals surface area contributed by atoms with Gasteiger partial charge in [0, 0.05) is 6.92 Å². The van der Waals surface area contributed by atoms with E-state index >= 15 is 0 Å². The number of rotatable bonds is 0. The van der Waals surface area contributed by atoms with Crippen LogP contribution in [0.3, 0.4) is 0 Å². The Morgan fingerprint density at radius 3 is 1.75 bits per heavy atom. The molecule has 22 valence electrons. The van der Waals surface area contributed by atoms with Crippen molar-refractivity contribution in [2.24, 2.45) is 0 Å². The fourth-order valence-corrected chi connectivity index (χ4v) is 0. The summed E-state index contributed by atoms with van der Waals surface area (Å²) in [4.78, 5) is 0. The molecular weight excluding hydrogens is 245 g/mol. The molecule has 4 heavy (non-hydrogen) atoms. The molecule has 0 rings (SSSR count). The van der Waals surface area contributed by atoms with Crippen molar-refractivity contribution >= 4 is 27.3 Å². The van der Waals surface area contributed by atoms with Crippen molar-refractivity contribution < 1.29 is 0 Å². The Hall–Kier alpha value is 0.412. The van der Waals surface area contributed by atoms with Crippen molar-refractivity contribution in [1.29, 1.82) is 5.26 Å². The first-order valence-electron chi connectivity index (χ1n) is 0.724. The van der Waals surface area contributed by atoms with Gasteiger partial charge in [-0.05, 0) is 0 Å². The first-order chi connectivity index (χ1) is 1.41. The molecule has 0 fully saturated rings. The van der Waals surface area contributed by atoms with Crippen LogP contribution in [0, 0.1) is 11.3 Å². The quantitative estimate of drug-likeness (QED) is 0.537. The van der Waals surface area contributed by atoms with E-state index in [9.17, 15) is 0 Å². The van der Waals surface area contributed by atoms with Gasteiger partial charge in [0.2, 0.25) is 0 Å². The van der Waals surface area contributed by atoms with Crippen molar-refractivity contribution in [3.8, 4) is 6.07 Å². The number of hydrogen-bond donors (Lipinski definition) is 0. The SMILES string of the molecule is CC#N.[PbH2]. The van der Waals surface area contributed by atoms with Crippen molar-refractivity contribution in [2.45, 2.75) is 6.92 Å². The summed E-state index contributed by atoms with van der Waals surface area (Å²) in [5, 5.41) is 7.32. The van der Waals surface area contributed by atoms with E-state index in [-0.39, 0.29) is 27.3 Å². The molecule has 0 bridgehead atoms. The fraction of sp³-hybridized carbons (Fsp3) is 0.500. The van der Waals surface area contributed by atoms with Crippen LogP contribution in [0.1, 0.15) is 6.92 Å². The number of hydrogen-bond acceptors (Lipinski definition) is 1. The Morgan fingerprint density at radius 2 is 1.75 bits per heavy atom. The van der Waals surface area contributed by atoms with Gasteiger partial charge in [0.05, 0.1) is 6.07 Å². The maximum atomic E-state index is 7.32. The van der Waals surface area contributed by atoms with Gasteiger partial charge < -0.3 is 0 Å². The first kappa shape index (κ1) is 8.83. The van der Waals surface area contributed by atoms with E-state index in [1.807, 2.05) is 0 Å². The fourth-order valence-electron chi connectivity index (χ4n) is 0. The average Bonchev–Trinajstić information content (AvgIpc) is 0.918. The van der Waals surface area contributed by atoms with Gasteiger partial charge in [-0.2, -0.15) is 5.26 Å². The second-order valence-corrected chi connectivity index (χ2v) is 0.224. The van der Waals surface area contributed by atoms with Crippen LogP contribution in [0.2, 0.25) is 0 Å². The Labute approximate surface area is 45.8 Å². The van der Waals surface area contributed by atoms with Gasteiger partial charge in [-0.25, -0.2) is 0 Å². The second kappa shape index (κ2) is 9.96. The standard InChI is InChI=1S/C2H3N.Pb.2H/c1-2-3;;;/h1H3;;;. The molecule has 0 aromatic rings. The molecule has 0 saturated heterocycles. The van der Waals surface area contributed by atoms with Crippen LogP contribution in [-0.4, -0.2) is 27.3 Å². The minimum absolute atomic E-state index is 0. The number of nitriles is 1. The molecule has 0 aromatic carbocycles. The van der Waals surface area contributed by atoms with E-state index in [0.29, 0.717) is 0 Å². The molecule has 1 nitrogen and oxygen atoms in total. The van der Waals surface area contributed by atoms with E-state index in [4.69, 9.17) is 5.26 Å². The maximum absolute atomic E-state index is 7.32. The van der Waals surface area contributed by atoms with E-state index in [1.54, 1.807) is 6.07 Å². The third-order valence-electron chi connectivity index (χ3n) is 0. The summed E-state index contributed by atoms with van der Waals surface area (Å²) in [6.45, 7) is 1.43. The van der Waals surface area contributed by atoms with Gasteiger partial charge >= 0.3 is 27.3 Å². The zero-order chi connectivity index (χ0) is 2.71. The zero-order valence-electron chi connectivity index (χ0n) is 2.65. The van der Waals surface area contributed by atoms with Crippen molar-refractivity contribution in [1.82, 2.24) is 0 Å². The van der Waals surface area contributed by atoms with Crippen LogP contribution >= 0.6 is 0 Å². The van der Waals surface area contributed by atoms with E-state index in [0.717, 1.165) is 0 Å². The molecule has 0 N–H and O–H groups in total. The van der Waals surface area contributed by atoms with Gasteiger partial charge in [0.25, 0.3) is 0 Å². The van der Waals surface area contributed by atoms with Crippen LogP contribution in [0.5, 0.6) is 0 Å². The molecule has 0 aliphatic rings. The Bertz CT molecular complexity index is 27.5. The van der Waals surface area contributed by atoms with Gasteiger partial charge in [-0.3, -0.25) is 0 Å². The van der Waals surface area contributed by atoms with E-state index in [1.165, 1.54) is 6.92 Å². The Kier molecular flexibility index (Phi) is 22.0. The third kappa shape index (κ3) is 28.3. The molecule has 0 amide bonds. The summed E-state index contributed by atoms with van der Waals surface area (Å²) in [5.41, 5.74) is 0. The summed E-state index contributed by atoms with van der Waals surface area (Å²) in [5.74, 6) is 0. The van der Waals surface area contributed by atoms with Crippen molar-refractivity contribution in [3.63, 3.8) is 0 Å². The molecule has 2 radical (unpaired) electrons. The van der Waals surface area contributed by atoms with Crippen molar-refractivity contribution in [3.05, 3.63) is 0 Å².